The topological polar surface area (TPSA) is 47.9 Å². The number of benzene rings is 1. The molecule has 13 heteroatoms. The number of rotatable bonds is 4. The van der Waals surface area contributed by atoms with Gasteiger partial charge in [-0.25, -0.2) is 0 Å². The van der Waals surface area contributed by atoms with Crippen LogP contribution >= 0.6 is 35.3 Å². The summed E-state index contributed by atoms with van der Waals surface area (Å²) >= 11 is 7.47. The first-order chi connectivity index (χ1) is 15.4. The molecule has 1 atom stereocenters. The third kappa shape index (κ3) is 4.68. The van der Waals surface area contributed by atoms with Crippen molar-refractivity contribution in [2.24, 2.45) is 5.10 Å². The van der Waals surface area contributed by atoms with Crippen LogP contribution in [0.1, 0.15) is 28.6 Å². The molecule has 0 amide bonds. The molecular formula is C21H19Cl2F6N3OS. The van der Waals surface area contributed by atoms with Gasteiger partial charge in [0.05, 0.1) is 22.5 Å². The fourth-order valence-electron chi connectivity index (χ4n) is 3.85. The lowest BCUT2D eigenvalue weighted by Crippen LogP contribution is -2.62. The minimum atomic E-state index is -6.01. The number of hydrazone groups is 1. The molecule has 4 rings (SSSR count). The van der Waals surface area contributed by atoms with Gasteiger partial charge in [0.2, 0.25) is 0 Å². The molecule has 0 aliphatic carbocycles. The average molecular weight is 546 g/mol. The zero-order valence-electron chi connectivity index (χ0n) is 17.3. The van der Waals surface area contributed by atoms with Crippen molar-refractivity contribution in [1.82, 2.24) is 5.32 Å². The Bertz CT molecular complexity index is 1080. The second kappa shape index (κ2) is 9.69. The summed E-state index contributed by atoms with van der Waals surface area (Å²) in [5.41, 5.74) is -5.31. The van der Waals surface area contributed by atoms with Gasteiger partial charge in [-0.2, -0.15) is 31.4 Å². The number of hydrogen-bond acceptors (Lipinski definition) is 5. The molecule has 1 aromatic heterocycles. The van der Waals surface area contributed by atoms with Gasteiger partial charge in [0.25, 0.3) is 5.60 Å². The zero-order chi connectivity index (χ0) is 24.0. The van der Waals surface area contributed by atoms with E-state index < -0.39 is 36.1 Å². The Balaban J connectivity index is 0.00000324. The smallest absolute Gasteiger partial charge is 0.369 e. The van der Waals surface area contributed by atoms with E-state index in [0.717, 1.165) is 28.4 Å². The van der Waals surface area contributed by atoms with Crippen molar-refractivity contribution in [1.29, 1.82) is 0 Å². The Hall–Kier alpha value is -1.79. The fraction of sp³-hybridized carbons (Fsp3) is 0.381. The summed E-state index contributed by atoms with van der Waals surface area (Å²) in [6.07, 6.45) is -10.0. The fourth-order valence-corrected chi connectivity index (χ4v) is 5.23. The molecule has 1 unspecified atom stereocenters. The highest BCUT2D eigenvalue weighted by Crippen LogP contribution is 2.50. The summed E-state index contributed by atoms with van der Waals surface area (Å²) in [5, 5.41) is 17.9. The molecule has 3 heterocycles. The van der Waals surface area contributed by atoms with Crippen LogP contribution in [-0.4, -0.2) is 41.9 Å². The van der Waals surface area contributed by atoms with Gasteiger partial charge in [-0.05, 0) is 42.8 Å². The first kappa shape index (κ1) is 26.8. The Morgan fingerprint density at radius 2 is 1.74 bits per heavy atom. The number of aliphatic hydroxyl groups is 1. The zero-order valence-corrected chi connectivity index (χ0v) is 19.6. The largest absolute Gasteiger partial charge is 0.431 e. The maximum Gasteiger partial charge on any atom is 0.431 e. The summed E-state index contributed by atoms with van der Waals surface area (Å²) in [4.78, 5) is 1.38. The van der Waals surface area contributed by atoms with Gasteiger partial charge >= 0.3 is 12.4 Å². The van der Waals surface area contributed by atoms with Gasteiger partial charge in [-0.15, -0.1) is 23.7 Å². The molecule has 0 radical (unpaired) electrons. The van der Waals surface area contributed by atoms with E-state index in [1.165, 1.54) is 23.5 Å². The molecule has 0 saturated carbocycles. The lowest BCUT2D eigenvalue weighted by atomic mass is 9.91. The van der Waals surface area contributed by atoms with Gasteiger partial charge < -0.3 is 10.4 Å². The molecule has 2 aliphatic heterocycles. The minimum absolute atomic E-state index is 0. The highest BCUT2D eigenvalue weighted by Gasteiger charge is 2.74. The number of nitrogens with one attached hydrogen (secondary N) is 1. The van der Waals surface area contributed by atoms with Crippen molar-refractivity contribution in [2.75, 3.05) is 18.1 Å². The van der Waals surface area contributed by atoms with Crippen molar-refractivity contribution in [3.8, 4) is 0 Å². The number of anilines is 1. The van der Waals surface area contributed by atoms with Crippen molar-refractivity contribution in [2.45, 2.75) is 36.8 Å². The molecule has 2 aromatic rings. The molecular weight excluding hydrogens is 527 g/mol. The SMILES string of the molecule is Cl.OC(C1=NN(c2ccccc2Cl)C(c2ccc(C3=CCNCC3)s2)C1)(C(F)(F)F)C(F)(F)F. The Kier molecular flexibility index (Phi) is 7.64. The third-order valence-electron chi connectivity index (χ3n) is 5.58. The highest BCUT2D eigenvalue weighted by molar-refractivity contribution is 7.13. The van der Waals surface area contributed by atoms with Crippen molar-refractivity contribution >= 4 is 52.3 Å². The number of hydrogen-bond donors (Lipinski definition) is 2. The predicted molar refractivity (Wildman–Crippen MR) is 123 cm³/mol. The first-order valence-corrected chi connectivity index (χ1v) is 11.1. The molecule has 186 valence electrons. The minimum Gasteiger partial charge on any atom is -0.369 e. The predicted octanol–water partition coefficient (Wildman–Crippen LogP) is 6.36. The van der Waals surface area contributed by atoms with E-state index in [9.17, 15) is 31.4 Å². The van der Waals surface area contributed by atoms with Gasteiger partial charge in [0, 0.05) is 22.7 Å². The van der Waals surface area contributed by atoms with Crippen molar-refractivity contribution < 1.29 is 31.4 Å². The molecule has 0 spiro atoms. The van der Waals surface area contributed by atoms with E-state index in [2.05, 4.69) is 10.4 Å². The van der Waals surface area contributed by atoms with E-state index in [0.29, 0.717) is 11.4 Å². The van der Waals surface area contributed by atoms with Crippen LogP contribution in [0.2, 0.25) is 5.02 Å². The molecule has 1 aromatic carbocycles. The third-order valence-corrected chi connectivity index (χ3v) is 7.17. The maximum absolute atomic E-state index is 13.5. The van der Waals surface area contributed by atoms with Crippen LogP contribution in [0.4, 0.5) is 32.0 Å². The Morgan fingerprint density at radius 3 is 2.32 bits per heavy atom. The van der Waals surface area contributed by atoms with Gasteiger partial charge in [0.15, 0.2) is 0 Å². The van der Waals surface area contributed by atoms with Crippen LogP contribution < -0.4 is 10.3 Å². The Morgan fingerprint density at radius 1 is 1.06 bits per heavy atom. The van der Waals surface area contributed by atoms with Crippen LogP contribution in [-0.2, 0) is 0 Å². The monoisotopic (exact) mass is 545 g/mol. The molecule has 34 heavy (non-hydrogen) atoms. The second-order valence-corrected chi connectivity index (χ2v) is 9.18. The molecule has 2 N–H and O–H groups in total. The van der Waals surface area contributed by atoms with Gasteiger partial charge in [-0.1, -0.05) is 29.8 Å². The van der Waals surface area contributed by atoms with Crippen LogP contribution in [0, 0.1) is 0 Å². The van der Waals surface area contributed by atoms with E-state index in [4.69, 9.17) is 11.6 Å². The van der Waals surface area contributed by atoms with Crippen LogP contribution in [0.5, 0.6) is 0 Å². The normalized spacial score (nSPS) is 19.5. The molecule has 4 nitrogen and oxygen atoms in total. The second-order valence-electron chi connectivity index (χ2n) is 7.65. The molecule has 2 aliphatic rings. The molecule has 0 fully saturated rings. The summed E-state index contributed by atoms with van der Waals surface area (Å²) < 4.78 is 81.2. The van der Waals surface area contributed by atoms with E-state index in [-0.39, 0.29) is 23.1 Å². The number of para-hydroxylation sites is 1. The maximum atomic E-state index is 13.5. The quantitative estimate of drug-likeness (QED) is 0.439. The number of thiophene rings is 1. The number of alkyl halides is 6. The number of halogens is 8. The summed E-state index contributed by atoms with van der Waals surface area (Å²) in [7, 11) is 0. The summed E-state index contributed by atoms with van der Waals surface area (Å²) in [5.74, 6) is 0. The van der Waals surface area contributed by atoms with Gasteiger partial charge in [-0.3, -0.25) is 5.01 Å². The summed E-state index contributed by atoms with van der Waals surface area (Å²) in [6.45, 7) is 1.45. The molecule has 0 bridgehead atoms. The first-order valence-electron chi connectivity index (χ1n) is 9.91. The van der Waals surface area contributed by atoms with Crippen LogP contribution in [0.25, 0.3) is 5.57 Å². The standard InChI is InChI=1S/C21H18ClF6N3OS.ClH/c22-13-3-1-2-4-14(13)31-15(17-6-5-16(33-17)12-7-9-29-10-8-12)11-18(30-31)19(32,20(23,24)25)21(26,27)28;/h1-7,15,29,32H,8-11H2;1H. The van der Waals surface area contributed by atoms with Crippen molar-refractivity contribution in [3.63, 3.8) is 0 Å². The highest BCUT2D eigenvalue weighted by atomic mass is 35.5. The van der Waals surface area contributed by atoms with Crippen LogP contribution in [0.15, 0.2) is 47.6 Å². The lowest BCUT2D eigenvalue weighted by molar-refractivity contribution is -0.338. The lowest BCUT2D eigenvalue weighted by Gasteiger charge is -2.31. The number of nitrogens with zero attached hydrogens (tertiary/aromatic N) is 2. The van der Waals surface area contributed by atoms with E-state index >= 15 is 0 Å². The van der Waals surface area contributed by atoms with Crippen LogP contribution in [0.3, 0.4) is 0 Å². The van der Waals surface area contributed by atoms with Crippen molar-refractivity contribution in [3.05, 3.63) is 57.3 Å². The van der Waals surface area contributed by atoms with E-state index in [1.807, 2.05) is 6.08 Å². The average Bonchev–Trinajstić information content (AvgIpc) is 3.40. The summed E-state index contributed by atoms with van der Waals surface area (Å²) in [6, 6.07) is 8.49. The van der Waals surface area contributed by atoms with E-state index in [1.54, 1.807) is 24.3 Å². The Labute approximate surface area is 206 Å². The molecule has 0 saturated heterocycles. The van der Waals surface area contributed by atoms with Gasteiger partial charge in [0.1, 0.15) is 0 Å².